The average Bonchev–Trinajstić information content (AvgIpc) is 2.70. The molecule has 2 aromatic rings. The van der Waals surface area contributed by atoms with E-state index in [9.17, 15) is 18.0 Å². The number of carbonyl (C=O) groups is 1. The van der Waals surface area contributed by atoms with Gasteiger partial charge in [0.15, 0.2) is 17.7 Å². The number of benzene rings is 2. The van der Waals surface area contributed by atoms with E-state index in [-0.39, 0.29) is 12.1 Å². The van der Waals surface area contributed by atoms with Gasteiger partial charge >= 0.3 is 6.18 Å². The lowest BCUT2D eigenvalue weighted by molar-refractivity contribution is -0.137. The van der Waals surface area contributed by atoms with E-state index in [1.54, 1.807) is 0 Å². The van der Waals surface area contributed by atoms with Crippen molar-refractivity contribution in [3.8, 4) is 11.5 Å². The van der Waals surface area contributed by atoms with E-state index >= 15 is 0 Å². The standard InChI is InChI=1S/C21H23F3N2O3/c1-26(20-14-28-17-6-2-3-7-18(17)29-20)13-5-4-8-19(27)25-16-11-9-15(10-12-16)21(22,23)24/h2-3,6-7,9-12,20H,4-5,8,13-14H2,1H3,(H,25,27)/t20-/m0/s1. The van der Waals surface area contributed by atoms with Crippen molar-refractivity contribution in [2.45, 2.75) is 31.7 Å². The van der Waals surface area contributed by atoms with Crippen LogP contribution >= 0.6 is 0 Å². The average molecular weight is 408 g/mol. The molecule has 0 bridgehead atoms. The van der Waals surface area contributed by atoms with Crippen LogP contribution in [0.1, 0.15) is 24.8 Å². The molecule has 0 saturated heterocycles. The van der Waals surface area contributed by atoms with Crippen LogP contribution < -0.4 is 14.8 Å². The second-order valence-corrected chi connectivity index (χ2v) is 6.89. The SMILES string of the molecule is CN(CCCCC(=O)Nc1ccc(C(F)(F)F)cc1)[C@@H]1COc2ccccc2O1. The minimum atomic E-state index is -4.39. The van der Waals surface area contributed by atoms with Gasteiger partial charge in [0.25, 0.3) is 0 Å². The first-order chi connectivity index (χ1) is 13.8. The summed E-state index contributed by atoms with van der Waals surface area (Å²) in [7, 11) is 1.93. The maximum atomic E-state index is 12.6. The Morgan fingerprint density at radius 1 is 1.10 bits per heavy atom. The van der Waals surface area contributed by atoms with Gasteiger partial charge in [0.1, 0.15) is 6.61 Å². The van der Waals surface area contributed by atoms with Crippen molar-refractivity contribution in [3.05, 3.63) is 54.1 Å². The second-order valence-electron chi connectivity index (χ2n) is 6.89. The summed E-state index contributed by atoms with van der Waals surface area (Å²) in [4.78, 5) is 14.0. The third kappa shape index (κ3) is 5.87. The van der Waals surface area contributed by atoms with E-state index in [1.807, 2.05) is 36.2 Å². The fourth-order valence-electron chi connectivity index (χ4n) is 2.98. The number of hydrogen-bond acceptors (Lipinski definition) is 4. The molecule has 1 atom stereocenters. The highest BCUT2D eigenvalue weighted by atomic mass is 19.4. The molecule has 0 spiro atoms. The number of alkyl halides is 3. The highest BCUT2D eigenvalue weighted by Gasteiger charge is 2.30. The Morgan fingerprint density at radius 3 is 2.48 bits per heavy atom. The third-order valence-electron chi connectivity index (χ3n) is 4.65. The summed E-state index contributed by atoms with van der Waals surface area (Å²) in [6, 6.07) is 11.9. The number of unbranched alkanes of at least 4 members (excludes halogenated alkanes) is 1. The summed E-state index contributed by atoms with van der Waals surface area (Å²) in [6.07, 6.45) is -2.85. The number of rotatable bonds is 7. The van der Waals surface area contributed by atoms with E-state index in [0.29, 0.717) is 30.9 Å². The molecule has 1 aliphatic rings. The van der Waals surface area contributed by atoms with Crippen LogP contribution in [-0.4, -0.2) is 37.2 Å². The van der Waals surface area contributed by atoms with Gasteiger partial charge in [-0.3, -0.25) is 9.69 Å². The number of fused-ring (bicyclic) bond motifs is 1. The lowest BCUT2D eigenvalue weighted by atomic mass is 10.2. The molecular formula is C21H23F3N2O3. The number of nitrogens with zero attached hydrogens (tertiary/aromatic N) is 1. The van der Waals surface area contributed by atoms with Crippen LogP contribution in [0.15, 0.2) is 48.5 Å². The van der Waals surface area contributed by atoms with Gasteiger partial charge in [-0.1, -0.05) is 12.1 Å². The van der Waals surface area contributed by atoms with Gasteiger partial charge in [0.05, 0.1) is 5.56 Å². The number of ether oxygens (including phenoxy) is 2. The van der Waals surface area contributed by atoms with Gasteiger partial charge in [-0.2, -0.15) is 13.2 Å². The largest absolute Gasteiger partial charge is 0.484 e. The van der Waals surface area contributed by atoms with Crippen LogP contribution in [0.5, 0.6) is 11.5 Å². The van der Waals surface area contributed by atoms with Crippen molar-refractivity contribution < 1.29 is 27.4 Å². The molecule has 1 N–H and O–H groups in total. The molecule has 1 amide bonds. The maximum Gasteiger partial charge on any atom is 0.416 e. The zero-order valence-electron chi connectivity index (χ0n) is 16.0. The zero-order chi connectivity index (χ0) is 20.9. The normalized spacial score (nSPS) is 16.0. The summed E-state index contributed by atoms with van der Waals surface area (Å²) in [5, 5.41) is 2.62. The smallest absolute Gasteiger partial charge is 0.416 e. The van der Waals surface area contributed by atoms with E-state index in [1.165, 1.54) is 12.1 Å². The summed E-state index contributed by atoms with van der Waals surface area (Å²) in [5.74, 6) is 1.22. The molecule has 156 valence electrons. The summed E-state index contributed by atoms with van der Waals surface area (Å²) >= 11 is 0. The second kappa shape index (κ2) is 9.17. The Hall–Kier alpha value is -2.74. The number of nitrogens with one attached hydrogen (secondary N) is 1. The molecule has 8 heteroatoms. The van der Waals surface area contributed by atoms with Crippen LogP contribution in [-0.2, 0) is 11.0 Å². The molecule has 5 nitrogen and oxygen atoms in total. The van der Waals surface area contributed by atoms with Gasteiger partial charge in [-0.25, -0.2) is 0 Å². The summed E-state index contributed by atoms with van der Waals surface area (Å²) in [5.41, 5.74) is -0.387. The van der Waals surface area contributed by atoms with Crippen LogP contribution in [0.25, 0.3) is 0 Å². The Balaban J connectivity index is 1.36. The predicted octanol–water partition coefficient (Wildman–Crippen LogP) is 4.54. The lowest BCUT2D eigenvalue weighted by Gasteiger charge is -2.32. The molecule has 29 heavy (non-hydrogen) atoms. The molecule has 0 unspecified atom stereocenters. The molecule has 0 radical (unpaired) electrons. The highest BCUT2D eigenvalue weighted by molar-refractivity contribution is 5.90. The Labute approximate surface area is 167 Å². The summed E-state index contributed by atoms with van der Waals surface area (Å²) < 4.78 is 49.3. The molecule has 1 aliphatic heterocycles. The molecule has 2 aromatic carbocycles. The molecular weight excluding hydrogens is 385 g/mol. The van der Waals surface area contributed by atoms with Crippen LogP contribution in [0.4, 0.5) is 18.9 Å². The van der Waals surface area contributed by atoms with Gasteiger partial charge < -0.3 is 14.8 Å². The number of para-hydroxylation sites is 2. The van der Waals surface area contributed by atoms with Crippen molar-refractivity contribution in [2.75, 3.05) is 25.5 Å². The van der Waals surface area contributed by atoms with E-state index in [4.69, 9.17) is 9.47 Å². The Kier molecular flexibility index (Phi) is 6.64. The molecule has 1 heterocycles. The van der Waals surface area contributed by atoms with Gasteiger partial charge in [-0.05, 0) is 56.3 Å². The van der Waals surface area contributed by atoms with Crippen LogP contribution in [0.3, 0.4) is 0 Å². The summed E-state index contributed by atoms with van der Waals surface area (Å²) in [6.45, 7) is 1.16. The minimum absolute atomic E-state index is 0.189. The number of anilines is 1. The van der Waals surface area contributed by atoms with Crippen molar-refractivity contribution in [1.29, 1.82) is 0 Å². The Morgan fingerprint density at radius 2 is 1.79 bits per heavy atom. The number of likely N-dealkylation sites (N-methyl/N-ethyl adjacent to an activating group) is 1. The van der Waals surface area contributed by atoms with Crippen molar-refractivity contribution in [1.82, 2.24) is 4.90 Å². The van der Waals surface area contributed by atoms with Crippen LogP contribution in [0.2, 0.25) is 0 Å². The van der Waals surface area contributed by atoms with Crippen LogP contribution in [0, 0.1) is 0 Å². The predicted molar refractivity (Wildman–Crippen MR) is 103 cm³/mol. The van der Waals surface area contributed by atoms with Gasteiger partial charge in [-0.15, -0.1) is 0 Å². The number of halogens is 3. The van der Waals surface area contributed by atoms with E-state index < -0.39 is 11.7 Å². The van der Waals surface area contributed by atoms with Gasteiger partial charge in [0.2, 0.25) is 5.91 Å². The first kappa shape index (κ1) is 21.0. The topological polar surface area (TPSA) is 50.8 Å². The molecule has 0 aliphatic carbocycles. The number of carbonyl (C=O) groups excluding carboxylic acids is 1. The zero-order valence-corrected chi connectivity index (χ0v) is 16.0. The fourth-order valence-corrected chi connectivity index (χ4v) is 2.98. The third-order valence-corrected chi connectivity index (χ3v) is 4.65. The first-order valence-electron chi connectivity index (χ1n) is 9.39. The monoisotopic (exact) mass is 408 g/mol. The van der Waals surface area contributed by atoms with E-state index in [0.717, 1.165) is 30.8 Å². The fraction of sp³-hybridized carbons (Fsp3) is 0.381. The van der Waals surface area contributed by atoms with E-state index in [2.05, 4.69) is 5.32 Å². The lowest BCUT2D eigenvalue weighted by Crippen LogP contribution is -2.43. The molecule has 0 aromatic heterocycles. The number of hydrogen-bond donors (Lipinski definition) is 1. The van der Waals surface area contributed by atoms with Crippen molar-refractivity contribution in [2.24, 2.45) is 0 Å². The minimum Gasteiger partial charge on any atom is -0.484 e. The quantitative estimate of drug-likeness (QED) is 0.684. The van der Waals surface area contributed by atoms with Crippen molar-refractivity contribution >= 4 is 11.6 Å². The molecule has 3 rings (SSSR count). The number of amides is 1. The first-order valence-corrected chi connectivity index (χ1v) is 9.39. The van der Waals surface area contributed by atoms with Gasteiger partial charge in [0, 0.05) is 18.7 Å². The molecule has 0 saturated carbocycles. The maximum absolute atomic E-state index is 12.6. The van der Waals surface area contributed by atoms with Crippen molar-refractivity contribution in [3.63, 3.8) is 0 Å². The highest BCUT2D eigenvalue weighted by Crippen LogP contribution is 2.31. The Bertz CT molecular complexity index is 825. The molecule has 0 fully saturated rings.